The topological polar surface area (TPSA) is 72.2 Å². The van der Waals surface area contributed by atoms with Gasteiger partial charge in [0.2, 0.25) is 0 Å². The van der Waals surface area contributed by atoms with Gasteiger partial charge in [-0.2, -0.15) is 5.10 Å². The lowest BCUT2D eigenvalue weighted by Gasteiger charge is -2.05. The first-order chi connectivity index (χ1) is 9.88. The van der Waals surface area contributed by atoms with Crippen molar-refractivity contribution in [2.75, 3.05) is 0 Å². The van der Waals surface area contributed by atoms with Crippen molar-refractivity contribution in [2.45, 2.75) is 24.0 Å². The summed E-state index contributed by atoms with van der Waals surface area (Å²) in [6.45, 7) is 1.80. The van der Waals surface area contributed by atoms with Crippen LogP contribution in [0, 0.1) is 6.92 Å². The van der Waals surface area contributed by atoms with Crippen molar-refractivity contribution in [1.82, 2.24) is 9.78 Å². The molecule has 1 aromatic heterocycles. The molecule has 1 heterocycles. The number of nitrogens with zero attached hydrogens (tertiary/aromatic N) is 2. The van der Waals surface area contributed by atoms with Crippen molar-refractivity contribution in [3.05, 3.63) is 46.2 Å². The Bertz CT molecular complexity index is 695. The SMILES string of the molecule is Cc1nn(C)c(CS(=O)c2ccc(CC(=O)O)cc2)c1Cl. The first-order valence-electron chi connectivity index (χ1n) is 6.25. The fourth-order valence-corrected chi connectivity index (χ4v) is 3.47. The van der Waals surface area contributed by atoms with Gasteiger partial charge >= 0.3 is 5.97 Å². The van der Waals surface area contributed by atoms with Crippen LogP contribution in [0.25, 0.3) is 0 Å². The average Bonchev–Trinajstić information content (AvgIpc) is 2.65. The van der Waals surface area contributed by atoms with Crippen molar-refractivity contribution in [3.63, 3.8) is 0 Å². The second-order valence-corrected chi connectivity index (χ2v) is 6.50. The van der Waals surface area contributed by atoms with E-state index in [1.807, 2.05) is 0 Å². The molecular weight excluding hydrogens is 312 g/mol. The van der Waals surface area contributed by atoms with Crippen LogP contribution in [0.3, 0.4) is 0 Å². The monoisotopic (exact) mass is 326 g/mol. The highest BCUT2D eigenvalue weighted by atomic mass is 35.5. The van der Waals surface area contributed by atoms with E-state index >= 15 is 0 Å². The molecule has 0 aliphatic carbocycles. The fourth-order valence-electron chi connectivity index (χ4n) is 1.98. The lowest BCUT2D eigenvalue weighted by atomic mass is 10.2. The van der Waals surface area contributed by atoms with Crippen molar-refractivity contribution in [2.24, 2.45) is 7.05 Å². The van der Waals surface area contributed by atoms with E-state index in [1.54, 1.807) is 42.9 Å². The molecule has 0 saturated heterocycles. The van der Waals surface area contributed by atoms with Gasteiger partial charge in [0, 0.05) is 11.9 Å². The van der Waals surface area contributed by atoms with Gasteiger partial charge in [0.05, 0.1) is 39.4 Å². The van der Waals surface area contributed by atoms with Gasteiger partial charge in [-0.3, -0.25) is 13.7 Å². The Morgan fingerprint density at radius 2 is 2.00 bits per heavy atom. The van der Waals surface area contributed by atoms with E-state index in [0.29, 0.717) is 21.2 Å². The van der Waals surface area contributed by atoms with E-state index in [0.717, 1.165) is 5.69 Å². The van der Waals surface area contributed by atoms with Crippen LogP contribution in [0.2, 0.25) is 5.02 Å². The van der Waals surface area contributed by atoms with Crippen LogP contribution in [0.1, 0.15) is 17.0 Å². The molecule has 0 fully saturated rings. The van der Waals surface area contributed by atoms with Gasteiger partial charge in [-0.1, -0.05) is 23.7 Å². The molecule has 2 rings (SSSR count). The minimum atomic E-state index is -1.26. The predicted molar refractivity (Wildman–Crippen MR) is 80.8 cm³/mol. The molecule has 5 nitrogen and oxygen atoms in total. The summed E-state index contributed by atoms with van der Waals surface area (Å²) in [4.78, 5) is 11.3. The molecule has 2 aromatic rings. The molecule has 0 aliphatic rings. The highest BCUT2D eigenvalue weighted by Gasteiger charge is 2.15. The van der Waals surface area contributed by atoms with Crippen LogP contribution >= 0.6 is 11.6 Å². The van der Waals surface area contributed by atoms with Crippen LogP contribution in [0.4, 0.5) is 0 Å². The Kier molecular flexibility index (Phi) is 4.80. The predicted octanol–water partition coefficient (Wildman–Crippen LogP) is 2.32. The van der Waals surface area contributed by atoms with Crippen molar-refractivity contribution in [1.29, 1.82) is 0 Å². The van der Waals surface area contributed by atoms with Crippen LogP contribution in [-0.2, 0) is 34.8 Å². The summed E-state index contributed by atoms with van der Waals surface area (Å²) >= 11 is 6.15. The van der Waals surface area contributed by atoms with Crippen molar-refractivity contribution >= 4 is 28.4 Å². The molecule has 7 heteroatoms. The van der Waals surface area contributed by atoms with Crippen molar-refractivity contribution < 1.29 is 14.1 Å². The van der Waals surface area contributed by atoms with Gasteiger partial charge < -0.3 is 5.11 Å². The largest absolute Gasteiger partial charge is 0.481 e. The molecule has 0 radical (unpaired) electrons. The number of aryl methyl sites for hydroxylation is 2. The highest BCUT2D eigenvalue weighted by molar-refractivity contribution is 7.84. The van der Waals surface area contributed by atoms with Gasteiger partial charge in [0.25, 0.3) is 0 Å². The summed E-state index contributed by atoms with van der Waals surface area (Å²) in [7, 11) is 0.510. The van der Waals surface area contributed by atoms with Gasteiger partial charge in [0.15, 0.2) is 0 Å². The Hall–Kier alpha value is -1.66. The average molecular weight is 327 g/mol. The molecule has 1 N–H and O–H groups in total. The van der Waals surface area contributed by atoms with E-state index in [1.165, 1.54) is 0 Å². The number of aromatic nitrogens is 2. The maximum atomic E-state index is 12.4. The Labute approximate surface area is 130 Å². The van der Waals surface area contributed by atoms with Crippen LogP contribution in [0.5, 0.6) is 0 Å². The van der Waals surface area contributed by atoms with Crippen LogP contribution in [0.15, 0.2) is 29.2 Å². The zero-order valence-electron chi connectivity index (χ0n) is 11.7. The van der Waals surface area contributed by atoms with Crippen LogP contribution < -0.4 is 0 Å². The standard InChI is InChI=1S/C14H15ClN2O3S/c1-9-14(15)12(17(2)16-9)8-21(20)11-5-3-10(4-6-11)7-13(18)19/h3-6H,7-8H2,1-2H3,(H,18,19). The normalized spacial score (nSPS) is 12.3. The van der Waals surface area contributed by atoms with Crippen molar-refractivity contribution in [3.8, 4) is 0 Å². The minimum absolute atomic E-state index is 0.0420. The number of carboxylic acids is 1. The number of rotatable bonds is 5. The molecule has 0 amide bonds. The number of hydrogen-bond acceptors (Lipinski definition) is 3. The van der Waals surface area contributed by atoms with Gasteiger partial charge in [0.1, 0.15) is 0 Å². The summed E-state index contributed by atoms with van der Waals surface area (Å²) in [5.41, 5.74) is 2.11. The van der Waals surface area contributed by atoms with E-state index in [-0.39, 0.29) is 12.2 Å². The highest BCUT2D eigenvalue weighted by Crippen LogP contribution is 2.22. The number of carbonyl (C=O) groups is 1. The molecule has 1 unspecified atom stereocenters. The lowest BCUT2D eigenvalue weighted by molar-refractivity contribution is -0.136. The summed E-state index contributed by atoms with van der Waals surface area (Å²) < 4.78 is 14.0. The summed E-state index contributed by atoms with van der Waals surface area (Å²) in [5.74, 6) is -0.616. The molecule has 0 aliphatic heterocycles. The van der Waals surface area contributed by atoms with Crippen LogP contribution in [-0.4, -0.2) is 25.1 Å². The molecule has 0 bridgehead atoms. The molecule has 0 saturated carbocycles. The molecular formula is C14H15ClN2O3S. The summed E-state index contributed by atoms with van der Waals surface area (Å²) in [6, 6.07) is 6.73. The van der Waals surface area contributed by atoms with Gasteiger partial charge in [-0.15, -0.1) is 0 Å². The maximum absolute atomic E-state index is 12.4. The number of benzene rings is 1. The third-order valence-corrected chi connectivity index (χ3v) is 4.90. The third-order valence-electron chi connectivity index (χ3n) is 3.07. The maximum Gasteiger partial charge on any atom is 0.307 e. The van der Waals surface area contributed by atoms with Gasteiger partial charge in [-0.25, -0.2) is 0 Å². The molecule has 112 valence electrons. The second-order valence-electron chi connectivity index (χ2n) is 4.67. The molecule has 1 atom stereocenters. The quantitative estimate of drug-likeness (QED) is 0.915. The Balaban J connectivity index is 2.15. The van der Waals surface area contributed by atoms with E-state index < -0.39 is 16.8 Å². The zero-order chi connectivity index (χ0) is 15.6. The number of halogens is 1. The number of aliphatic carboxylic acids is 1. The first-order valence-corrected chi connectivity index (χ1v) is 7.95. The lowest BCUT2D eigenvalue weighted by Crippen LogP contribution is -2.04. The van der Waals surface area contributed by atoms with Gasteiger partial charge in [-0.05, 0) is 24.6 Å². The number of carboxylic acid groups (broad SMARTS) is 1. The number of hydrogen-bond donors (Lipinski definition) is 1. The summed E-state index contributed by atoms with van der Waals surface area (Å²) in [6.07, 6.45) is -0.0420. The molecule has 0 spiro atoms. The molecule has 21 heavy (non-hydrogen) atoms. The Morgan fingerprint density at radius 1 is 1.38 bits per heavy atom. The van der Waals surface area contributed by atoms with E-state index in [4.69, 9.17) is 16.7 Å². The third kappa shape index (κ3) is 3.71. The van der Waals surface area contributed by atoms with E-state index in [9.17, 15) is 9.00 Å². The smallest absolute Gasteiger partial charge is 0.307 e. The zero-order valence-corrected chi connectivity index (χ0v) is 13.2. The summed E-state index contributed by atoms with van der Waals surface area (Å²) in [5, 5.41) is 13.4. The Morgan fingerprint density at radius 3 is 2.48 bits per heavy atom. The minimum Gasteiger partial charge on any atom is -0.481 e. The first kappa shape index (κ1) is 15.7. The molecule has 1 aromatic carbocycles. The second kappa shape index (κ2) is 6.41. The fraction of sp³-hybridized carbons (Fsp3) is 0.286. The van der Waals surface area contributed by atoms with E-state index in [2.05, 4.69) is 5.10 Å².